The lowest BCUT2D eigenvalue weighted by molar-refractivity contribution is -0.187. The highest BCUT2D eigenvalue weighted by Crippen LogP contribution is 2.38. The highest BCUT2D eigenvalue weighted by atomic mass is 16.7. The third kappa shape index (κ3) is 2.50. The van der Waals surface area contributed by atoms with Crippen molar-refractivity contribution in [1.29, 1.82) is 0 Å². The minimum atomic E-state index is -0.195. The fraction of sp³-hybridized carbons (Fsp3) is 1.00. The molecule has 20 heavy (non-hydrogen) atoms. The molecule has 3 saturated heterocycles. The number of hydrogen-bond donors (Lipinski definition) is 1. The number of nitrogens with zero attached hydrogens (tertiary/aromatic N) is 2. The summed E-state index contributed by atoms with van der Waals surface area (Å²) in [6.45, 7) is 8.92. The van der Waals surface area contributed by atoms with Crippen LogP contribution in [0.25, 0.3) is 0 Å². The van der Waals surface area contributed by atoms with Crippen molar-refractivity contribution in [2.75, 3.05) is 52.5 Å². The minimum absolute atomic E-state index is 0.195. The molecule has 4 fully saturated rings. The van der Waals surface area contributed by atoms with Gasteiger partial charge in [0.05, 0.1) is 13.2 Å². The first-order valence-corrected chi connectivity index (χ1v) is 8.31. The predicted octanol–water partition coefficient (Wildman–Crippen LogP) is 0.262. The fourth-order valence-electron chi connectivity index (χ4n) is 4.26. The zero-order chi connectivity index (χ0) is 13.4. The summed E-state index contributed by atoms with van der Waals surface area (Å²) < 4.78 is 11.6. The van der Waals surface area contributed by atoms with Crippen LogP contribution in [0.1, 0.15) is 25.7 Å². The molecule has 114 valence electrons. The van der Waals surface area contributed by atoms with E-state index in [0.29, 0.717) is 0 Å². The smallest absolute Gasteiger partial charge is 0.168 e. The van der Waals surface area contributed by atoms with E-state index in [0.717, 1.165) is 51.2 Å². The second kappa shape index (κ2) is 5.54. The number of likely N-dealkylation sites (tertiary alicyclic amines) is 1. The fourth-order valence-corrected chi connectivity index (χ4v) is 4.26. The first-order valence-electron chi connectivity index (χ1n) is 8.31. The van der Waals surface area contributed by atoms with Crippen LogP contribution in [0, 0.1) is 0 Å². The summed E-state index contributed by atoms with van der Waals surface area (Å²) in [6.07, 6.45) is 4.67. The molecule has 5 heteroatoms. The van der Waals surface area contributed by atoms with Gasteiger partial charge in [-0.2, -0.15) is 0 Å². The maximum absolute atomic E-state index is 5.82. The Morgan fingerprint density at radius 3 is 2.15 bits per heavy atom. The van der Waals surface area contributed by atoms with E-state index in [9.17, 15) is 0 Å². The lowest BCUT2D eigenvalue weighted by Crippen LogP contribution is -2.65. The molecule has 0 aromatic carbocycles. The van der Waals surface area contributed by atoms with Gasteiger partial charge in [-0.25, -0.2) is 0 Å². The lowest BCUT2D eigenvalue weighted by atomic mass is 9.87. The monoisotopic (exact) mass is 281 g/mol. The Balaban J connectivity index is 1.23. The van der Waals surface area contributed by atoms with Gasteiger partial charge in [-0.3, -0.25) is 9.80 Å². The number of rotatable bonds is 2. The van der Waals surface area contributed by atoms with Gasteiger partial charge in [-0.05, 0) is 12.8 Å². The van der Waals surface area contributed by atoms with Crippen molar-refractivity contribution < 1.29 is 9.47 Å². The molecule has 1 N–H and O–H groups in total. The van der Waals surface area contributed by atoms with Crippen LogP contribution in [0.4, 0.5) is 0 Å². The zero-order valence-corrected chi connectivity index (χ0v) is 12.4. The number of ether oxygens (including phenoxy) is 2. The zero-order valence-electron chi connectivity index (χ0n) is 12.4. The SMILES string of the molecule is C1CN(C2CN(C3CCC4(CC3)OCCO4)C2)CCN1. The molecule has 0 bridgehead atoms. The predicted molar refractivity (Wildman–Crippen MR) is 76.7 cm³/mol. The summed E-state index contributed by atoms with van der Waals surface area (Å²) in [7, 11) is 0. The highest BCUT2D eigenvalue weighted by molar-refractivity contribution is 4.96. The largest absolute Gasteiger partial charge is 0.348 e. The number of piperazine rings is 1. The molecular weight excluding hydrogens is 254 g/mol. The van der Waals surface area contributed by atoms with E-state index < -0.39 is 0 Å². The third-order valence-electron chi connectivity index (χ3n) is 5.61. The molecule has 4 rings (SSSR count). The number of hydrogen-bond acceptors (Lipinski definition) is 5. The minimum Gasteiger partial charge on any atom is -0.348 e. The maximum Gasteiger partial charge on any atom is 0.168 e. The van der Waals surface area contributed by atoms with Gasteiger partial charge in [0.25, 0.3) is 0 Å². The summed E-state index contributed by atoms with van der Waals surface area (Å²) in [5.41, 5.74) is 0. The Labute approximate surface area is 121 Å². The van der Waals surface area contributed by atoms with E-state index >= 15 is 0 Å². The van der Waals surface area contributed by atoms with Crippen molar-refractivity contribution in [1.82, 2.24) is 15.1 Å². The van der Waals surface area contributed by atoms with Crippen LogP contribution in [0.2, 0.25) is 0 Å². The topological polar surface area (TPSA) is 37.0 Å². The van der Waals surface area contributed by atoms with Gasteiger partial charge in [-0.1, -0.05) is 0 Å². The lowest BCUT2D eigenvalue weighted by Gasteiger charge is -2.51. The molecule has 1 aliphatic carbocycles. The second-order valence-electron chi connectivity index (χ2n) is 6.73. The van der Waals surface area contributed by atoms with E-state index in [1.165, 1.54) is 39.0 Å². The Bertz CT molecular complexity index is 324. The molecule has 0 radical (unpaired) electrons. The Hall–Kier alpha value is -0.200. The van der Waals surface area contributed by atoms with E-state index in [-0.39, 0.29) is 5.79 Å². The molecule has 5 nitrogen and oxygen atoms in total. The van der Waals surface area contributed by atoms with Crippen molar-refractivity contribution >= 4 is 0 Å². The summed E-state index contributed by atoms with van der Waals surface area (Å²) in [5.74, 6) is -0.195. The van der Waals surface area contributed by atoms with Crippen LogP contribution in [0.15, 0.2) is 0 Å². The van der Waals surface area contributed by atoms with Gasteiger partial charge >= 0.3 is 0 Å². The molecule has 1 spiro atoms. The average Bonchev–Trinajstić information content (AvgIpc) is 2.89. The molecule has 1 saturated carbocycles. The summed E-state index contributed by atoms with van der Waals surface area (Å²) in [6, 6.07) is 1.58. The van der Waals surface area contributed by atoms with Crippen molar-refractivity contribution in [2.24, 2.45) is 0 Å². The maximum atomic E-state index is 5.82. The quantitative estimate of drug-likeness (QED) is 0.786. The van der Waals surface area contributed by atoms with Crippen molar-refractivity contribution in [3.63, 3.8) is 0 Å². The van der Waals surface area contributed by atoms with E-state index in [1.807, 2.05) is 0 Å². The van der Waals surface area contributed by atoms with Gasteiger partial charge < -0.3 is 14.8 Å². The van der Waals surface area contributed by atoms with Crippen LogP contribution in [-0.2, 0) is 9.47 Å². The summed E-state index contributed by atoms with van der Waals surface area (Å²) in [4.78, 5) is 5.36. The molecule has 3 aliphatic heterocycles. The molecule has 0 aromatic heterocycles. The Kier molecular flexibility index (Phi) is 3.73. The van der Waals surface area contributed by atoms with E-state index in [1.54, 1.807) is 0 Å². The van der Waals surface area contributed by atoms with Gasteiger partial charge in [0.1, 0.15) is 0 Å². The van der Waals surface area contributed by atoms with Gasteiger partial charge in [0.15, 0.2) is 5.79 Å². The molecule has 0 unspecified atom stereocenters. The van der Waals surface area contributed by atoms with E-state index in [2.05, 4.69) is 15.1 Å². The normalized spacial score (nSPS) is 33.6. The van der Waals surface area contributed by atoms with Crippen LogP contribution >= 0.6 is 0 Å². The van der Waals surface area contributed by atoms with Gasteiger partial charge in [0.2, 0.25) is 0 Å². The Morgan fingerprint density at radius 2 is 1.50 bits per heavy atom. The Morgan fingerprint density at radius 1 is 0.850 bits per heavy atom. The van der Waals surface area contributed by atoms with Crippen LogP contribution in [0.5, 0.6) is 0 Å². The first-order chi connectivity index (χ1) is 9.85. The highest BCUT2D eigenvalue weighted by Gasteiger charge is 2.44. The summed E-state index contributed by atoms with van der Waals surface area (Å²) in [5, 5.41) is 3.44. The summed E-state index contributed by atoms with van der Waals surface area (Å²) >= 11 is 0. The van der Waals surface area contributed by atoms with E-state index in [4.69, 9.17) is 9.47 Å². The molecular formula is C15H27N3O2. The van der Waals surface area contributed by atoms with Gasteiger partial charge in [0, 0.05) is 64.2 Å². The standard InChI is InChI=1S/C15H27N3O2/c1-3-15(19-9-10-20-15)4-2-13(1)18-11-14(12-18)17-7-5-16-6-8-17/h13-14,16H,1-12H2. The van der Waals surface area contributed by atoms with Crippen molar-refractivity contribution in [3.05, 3.63) is 0 Å². The van der Waals surface area contributed by atoms with Crippen LogP contribution < -0.4 is 5.32 Å². The molecule has 3 heterocycles. The molecule has 0 aromatic rings. The molecule has 0 amide bonds. The van der Waals surface area contributed by atoms with Crippen molar-refractivity contribution in [2.45, 2.75) is 43.6 Å². The third-order valence-corrected chi connectivity index (χ3v) is 5.61. The second-order valence-corrected chi connectivity index (χ2v) is 6.73. The molecule has 4 aliphatic rings. The van der Waals surface area contributed by atoms with Crippen molar-refractivity contribution in [3.8, 4) is 0 Å². The first kappa shape index (κ1) is 13.5. The van der Waals surface area contributed by atoms with Gasteiger partial charge in [-0.15, -0.1) is 0 Å². The molecule has 0 atom stereocenters. The van der Waals surface area contributed by atoms with Crippen LogP contribution in [-0.4, -0.2) is 80.2 Å². The average molecular weight is 281 g/mol. The van der Waals surface area contributed by atoms with Crippen LogP contribution in [0.3, 0.4) is 0 Å². The number of nitrogens with one attached hydrogen (secondary N) is 1.